The van der Waals surface area contributed by atoms with E-state index in [1.165, 1.54) is 0 Å². The number of carboxylic acid groups (broad SMARTS) is 1. The molecule has 1 aliphatic heterocycles. The van der Waals surface area contributed by atoms with Crippen LogP contribution in [-0.2, 0) is 9.59 Å². The number of hydrogen-bond acceptors (Lipinski definition) is 3. The maximum atomic E-state index is 12.9. The molecule has 4 atom stereocenters. The zero-order chi connectivity index (χ0) is 15.4. The van der Waals surface area contributed by atoms with Gasteiger partial charge < -0.3 is 10.0 Å². The van der Waals surface area contributed by atoms with Crippen molar-refractivity contribution >= 4 is 11.9 Å². The quantitative estimate of drug-likeness (QED) is 0.773. The molecule has 2 fully saturated rings. The highest BCUT2D eigenvalue weighted by Crippen LogP contribution is 2.49. The lowest BCUT2D eigenvalue weighted by molar-refractivity contribution is -0.152. The van der Waals surface area contributed by atoms with Gasteiger partial charge in [-0.2, -0.15) is 0 Å². The van der Waals surface area contributed by atoms with Crippen LogP contribution >= 0.6 is 0 Å². The molecule has 1 saturated heterocycles. The van der Waals surface area contributed by atoms with Crippen molar-refractivity contribution in [1.82, 2.24) is 9.80 Å². The molecule has 2 aliphatic carbocycles. The van der Waals surface area contributed by atoms with Gasteiger partial charge in [-0.25, -0.2) is 0 Å². The molecule has 0 radical (unpaired) electrons. The minimum absolute atomic E-state index is 0.0421. The number of nitrogens with zero attached hydrogens (tertiary/aromatic N) is 2. The Labute approximate surface area is 125 Å². The van der Waals surface area contributed by atoms with Gasteiger partial charge in [0.1, 0.15) is 0 Å². The number of amides is 1. The first-order valence-electron chi connectivity index (χ1n) is 7.72. The second-order valence-electron chi connectivity index (χ2n) is 7.33. The number of fused-ring (bicyclic) bond motifs is 2. The molecule has 1 N–H and O–H groups in total. The van der Waals surface area contributed by atoms with E-state index in [9.17, 15) is 14.7 Å². The van der Waals surface area contributed by atoms with Crippen molar-refractivity contribution in [3.8, 4) is 0 Å². The third kappa shape index (κ3) is 2.27. The van der Waals surface area contributed by atoms with Crippen LogP contribution in [0.2, 0.25) is 0 Å². The molecule has 5 nitrogen and oxygen atoms in total. The van der Waals surface area contributed by atoms with Gasteiger partial charge in [-0.3, -0.25) is 14.5 Å². The summed E-state index contributed by atoms with van der Waals surface area (Å²) >= 11 is 0. The molecular weight excluding hydrogens is 268 g/mol. The molecule has 0 aromatic rings. The molecule has 3 aliphatic rings. The first kappa shape index (κ1) is 14.6. The predicted octanol–water partition coefficient (Wildman–Crippen LogP) is 1.06. The Morgan fingerprint density at radius 1 is 1.14 bits per heavy atom. The topological polar surface area (TPSA) is 60.9 Å². The minimum atomic E-state index is -0.821. The normalized spacial score (nSPS) is 38.0. The monoisotopic (exact) mass is 292 g/mol. The molecule has 1 saturated carbocycles. The van der Waals surface area contributed by atoms with Gasteiger partial charge in [0.2, 0.25) is 5.91 Å². The Morgan fingerprint density at radius 2 is 1.76 bits per heavy atom. The summed E-state index contributed by atoms with van der Waals surface area (Å²) in [7, 11) is 2.07. The van der Waals surface area contributed by atoms with E-state index in [2.05, 4.69) is 25.8 Å². The molecule has 0 spiro atoms. The SMILES string of the molecule is CN1CCN(C(=O)[C@H]2C3C=CC(C3)[C@H]2C(=O)O)CC1(C)C. The Hall–Kier alpha value is -1.36. The van der Waals surface area contributed by atoms with Gasteiger partial charge in [-0.05, 0) is 39.2 Å². The van der Waals surface area contributed by atoms with E-state index in [1.807, 2.05) is 17.1 Å². The van der Waals surface area contributed by atoms with E-state index in [0.29, 0.717) is 13.1 Å². The van der Waals surface area contributed by atoms with Crippen molar-refractivity contribution in [2.75, 3.05) is 26.7 Å². The average molecular weight is 292 g/mol. The number of carbonyl (C=O) groups is 2. The number of carboxylic acids is 1. The summed E-state index contributed by atoms with van der Waals surface area (Å²) < 4.78 is 0. The average Bonchev–Trinajstić information content (AvgIpc) is 3.01. The first-order valence-corrected chi connectivity index (χ1v) is 7.72. The van der Waals surface area contributed by atoms with Gasteiger partial charge in [0.15, 0.2) is 0 Å². The summed E-state index contributed by atoms with van der Waals surface area (Å²) in [5, 5.41) is 9.48. The van der Waals surface area contributed by atoms with Gasteiger partial charge in [-0.15, -0.1) is 0 Å². The van der Waals surface area contributed by atoms with Crippen molar-refractivity contribution in [2.45, 2.75) is 25.8 Å². The first-order chi connectivity index (χ1) is 9.81. The van der Waals surface area contributed by atoms with Crippen LogP contribution in [0.1, 0.15) is 20.3 Å². The highest BCUT2D eigenvalue weighted by molar-refractivity contribution is 5.87. The molecule has 1 amide bonds. The lowest BCUT2D eigenvalue weighted by atomic mass is 9.81. The zero-order valence-corrected chi connectivity index (χ0v) is 13.0. The van der Waals surface area contributed by atoms with Crippen molar-refractivity contribution in [2.24, 2.45) is 23.7 Å². The van der Waals surface area contributed by atoms with Crippen LogP contribution in [0.25, 0.3) is 0 Å². The smallest absolute Gasteiger partial charge is 0.307 e. The highest BCUT2D eigenvalue weighted by Gasteiger charge is 2.53. The summed E-state index contributed by atoms with van der Waals surface area (Å²) in [5.41, 5.74) is -0.0555. The minimum Gasteiger partial charge on any atom is -0.481 e. The Morgan fingerprint density at radius 3 is 2.33 bits per heavy atom. The standard InChI is InChI=1S/C16H24N2O3/c1-16(2)9-18(7-6-17(16)3)14(19)12-10-4-5-11(8-10)13(12)15(20)21/h4-5,10-13H,6-9H2,1-3H3,(H,20,21)/t10?,11?,12-,13+/m0/s1. The van der Waals surface area contributed by atoms with Gasteiger partial charge in [0.05, 0.1) is 11.8 Å². The number of allylic oxidation sites excluding steroid dienone is 2. The predicted molar refractivity (Wildman–Crippen MR) is 78.6 cm³/mol. The highest BCUT2D eigenvalue weighted by atomic mass is 16.4. The van der Waals surface area contributed by atoms with Gasteiger partial charge in [-0.1, -0.05) is 12.2 Å². The Balaban J connectivity index is 1.79. The zero-order valence-electron chi connectivity index (χ0n) is 13.0. The third-order valence-corrected chi connectivity index (χ3v) is 5.66. The summed E-state index contributed by atoms with van der Waals surface area (Å²) in [6.07, 6.45) is 4.86. The fraction of sp³-hybridized carbons (Fsp3) is 0.750. The van der Waals surface area contributed by atoms with Crippen molar-refractivity contribution in [3.05, 3.63) is 12.2 Å². The van der Waals surface area contributed by atoms with E-state index in [4.69, 9.17) is 0 Å². The summed E-state index contributed by atoms with van der Waals surface area (Å²) in [6, 6.07) is 0. The molecule has 2 unspecified atom stereocenters. The van der Waals surface area contributed by atoms with Crippen LogP contribution < -0.4 is 0 Å². The molecule has 0 aromatic heterocycles. The molecule has 21 heavy (non-hydrogen) atoms. The molecule has 2 bridgehead atoms. The number of carbonyl (C=O) groups excluding carboxylic acids is 1. The summed E-state index contributed by atoms with van der Waals surface area (Å²) in [4.78, 5) is 28.6. The van der Waals surface area contributed by atoms with E-state index < -0.39 is 11.9 Å². The largest absolute Gasteiger partial charge is 0.481 e. The lowest BCUT2D eigenvalue weighted by Gasteiger charge is -2.46. The van der Waals surface area contributed by atoms with E-state index in [0.717, 1.165) is 13.0 Å². The Kier molecular flexibility index (Phi) is 3.35. The van der Waals surface area contributed by atoms with Gasteiger partial charge in [0.25, 0.3) is 0 Å². The molecular formula is C16H24N2O3. The molecule has 1 heterocycles. The van der Waals surface area contributed by atoms with Crippen LogP contribution in [-0.4, -0.2) is 59.0 Å². The summed E-state index contributed by atoms with van der Waals surface area (Å²) in [6.45, 7) is 6.46. The molecule has 5 heteroatoms. The Bertz CT molecular complexity index is 500. The van der Waals surface area contributed by atoms with Crippen molar-refractivity contribution < 1.29 is 14.7 Å². The van der Waals surface area contributed by atoms with Crippen LogP contribution in [0.3, 0.4) is 0 Å². The number of hydrogen-bond donors (Lipinski definition) is 1. The molecule has 116 valence electrons. The second kappa shape index (κ2) is 4.83. The third-order valence-electron chi connectivity index (χ3n) is 5.66. The number of likely N-dealkylation sites (N-methyl/N-ethyl adjacent to an activating group) is 1. The van der Waals surface area contributed by atoms with Crippen LogP contribution in [0.5, 0.6) is 0 Å². The van der Waals surface area contributed by atoms with E-state index in [-0.39, 0.29) is 29.2 Å². The summed E-state index contributed by atoms with van der Waals surface area (Å²) in [5.74, 6) is -1.51. The number of rotatable bonds is 2. The number of aliphatic carboxylic acids is 1. The second-order valence-corrected chi connectivity index (χ2v) is 7.33. The van der Waals surface area contributed by atoms with Crippen molar-refractivity contribution in [1.29, 1.82) is 0 Å². The van der Waals surface area contributed by atoms with Crippen LogP contribution in [0.4, 0.5) is 0 Å². The fourth-order valence-corrected chi connectivity index (χ4v) is 4.13. The lowest BCUT2D eigenvalue weighted by Crippen LogP contribution is -2.60. The van der Waals surface area contributed by atoms with Gasteiger partial charge >= 0.3 is 5.97 Å². The molecule has 3 rings (SSSR count). The van der Waals surface area contributed by atoms with Crippen LogP contribution in [0.15, 0.2) is 12.2 Å². The maximum absolute atomic E-state index is 12.9. The van der Waals surface area contributed by atoms with Crippen LogP contribution in [0, 0.1) is 23.7 Å². The van der Waals surface area contributed by atoms with Crippen molar-refractivity contribution in [3.63, 3.8) is 0 Å². The molecule has 0 aromatic carbocycles. The fourth-order valence-electron chi connectivity index (χ4n) is 4.13. The maximum Gasteiger partial charge on any atom is 0.307 e. The van der Waals surface area contributed by atoms with E-state index in [1.54, 1.807) is 0 Å². The van der Waals surface area contributed by atoms with E-state index >= 15 is 0 Å². The van der Waals surface area contributed by atoms with Gasteiger partial charge in [0, 0.05) is 25.2 Å². The number of piperazine rings is 1.